The zero-order chi connectivity index (χ0) is 36.7. The predicted molar refractivity (Wildman–Crippen MR) is 233 cm³/mol. The molecule has 0 radical (unpaired) electrons. The minimum Gasteiger partial charge on any atom is -0.278 e. The number of para-hydroxylation sites is 1. The maximum absolute atomic E-state index is 5.44. The van der Waals surface area contributed by atoms with E-state index in [9.17, 15) is 0 Å². The molecule has 260 valence electrons. The molecule has 1 atom stereocenters. The summed E-state index contributed by atoms with van der Waals surface area (Å²) in [6.45, 7) is 0. The van der Waals surface area contributed by atoms with Gasteiger partial charge in [0, 0.05) is 27.6 Å². The molecule has 2 heterocycles. The van der Waals surface area contributed by atoms with E-state index < -0.39 is 0 Å². The third kappa shape index (κ3) is 4.64. The average Bonchev–Trinajstić information content (AvgIpc) is 3.78. The number of benzene rings is 9. The molecule has 12 rings (SSSR count). The lowest BCUT2D eigenvalue weighted by molar-refractivity contribution is 1.01. The normalized spacial score (nSPS) is 13.5. The van der Waals surface area contributed by atoms with Crippen molar-refractivity contribution >= 4 is 54.3 Å². The van der Waals surface area contributed by atoms with Gasteiger partial charge < -0.3 is 0 Å². The zero-order valence-corrected chi connectivity index (χ0v) is 30.4. The van der Waals surface area contributed by atoms with Crippen molar-refractivity contribution in [2.75, 3.05) is 0 Å². The van der Waals surface area contributed by atoms with Crippen LogP contribution in [0.25, 0.3) is 93.7 Å². The number of nitrogens with zero attached hydrogens (tertiary/aromatic N) is 3. The van der Waals surface area contributed by atoms with E-state index in [0.717, 1.165) is 33.2 Å². The Morgan fingerprint density at radius 2 is 1.05 bits per heavy atom. The Hall–Kier alpha value is -7.36. The van der Waals surface area contributed by atoms with Gasteiger partial charge in [-0.2, -0.15) is 0 Å². The van der Waals surface area contributed by atoms with E-state index in [0.29, 0.717) is 5.95 Å². The van der Waals surface area contributed by atoms with Gasteiger partial charge in [-0.3, -0.25) is 4.57 Å². The van der Waals surface area contributed by atoms with Crippen LogP contribution in [0.1, 0.15) is 22.6 Å². The fourth-order valence-corrected chi connectivity index (χ4v) is 9.29. The van der Waals surface area contributed by atoms with Crippen molar-refractivity contribution in [2.24, 2.45) is 0 Å². The molecule has 0 fully saturated rings. The van der Waals surface area contributed by atoms with Gasteiger partial charge in [-0.25, -0.2) is 9.97 Å². The quantitative estimate of drug-likeness (QED) is 0.182. The molecule has 1 aliphatic carbocycles. The summed E-state index contributed by atoms with van der Waals surface area (Å²) in [5, 5.41) is 8.40. The summed E-state index contributed by atoms with van der Waals surface area (Å²) in [7, 11) is 0. The molecule has 0 saturated carbocycles. The Morgan fingerprint density at radius 3 is 1.91 bits per heavy atom. The maximum Gasteiger partial charge on any atom is 0.235 e. The van der Waals surface area contributed by atoms with Gasteiger partial charge in [-0.15, -0.1) is 0 Å². The number of aromatic nitrogens is 3. The van der Waals surface area contributed by atoms with Crippen LogP contribution in [0.15, 0.2) is 194 Å². The van der Waals surface area contributed by atoms with Gasteiger partial charge in [-0.05, 0) is 90.8 Å². The molecule has 0 bridgehead atoms. The Balaban J connectivity index is 1.10. The molecule has 2 aromatic heterocycles. The second kappa shape index (κ2) is 12.1. The first-order chi connectivity index (χ1) is 27.8. The van der Waals surface area contributed by atoms with Gasteiger partial charge in [0.2, 0.25) is 5.95 Å². The van der Waals surface area contributed by atoms with Gasteiger partial charge in [-0.1, -0.05) is 164 Å². The molecule has 3 heteroatoms. The van der Waals surface area contributed by atoms with Crippen LogP contribution in [0.4, 0.5) is 0 Å². The third-order valence-corrected chi connectivity index (χ3v) is 11.9. The van der Waals surface area contributed by atoms with Crippen molar-refractivity contribution in [3.05, 3.63) is 211 Å². The Bertz CT molecular complexity index is 3360. The van der Waals surface area contributed by atoms with Crippen molar-refractivity contribution in [3.63, 3.8) is 0 Å². The molecular weight excluding hydrogens is 679 g/mol. The van der Waals surface area contributed by atoms with Gasteiger partial charge in [0.05, 0.1) is 22.2 Å². The summed E-state index contributed by atoms with van der Waals surface area (Å²) in [4.78, 5) is 10.7. The molecule has 3 nitrogen and oxygen atoms in total. The fraction of sp³-hybridized carbons (Fsp3) is 0.0189. The van der Waals surface area contributed by atoms with E-state index in [2.05, 4.69) is 199 Å². The average molecular weight is 712 g/mol. The van der Waals surface area contributed by atoms with Gasteiger partial charge in [0.25, 0.3) is 0 Å². The van der Waals surface area contributed by atoms with Crippen molar-refractivity contribution in [1.82, 2.24) is 14.5 Å². The number of fused-ring (bicyclic) bond motifs is 10. The summed E-state index contributed by atoms with van der Waals surface area (Å²) >= 11 is 0. The molecule has 1 aliphatic rings. The third-order valence-electron chi connectivity index (χ3n) is 11.9. The molecule has 0 aliphatic heterocycles. The van der Waals surface area contributed by atoms with E-state index in [1.807, 2.05) is 0 Å². The second-order valence-corrected chi connectivity index (χ2v) is 14.9. The molecule has 9 aromatic carbocycles. The highest BCUT2D eigenvalue weighted by Gasteiger charge is 2.32. The van der Waals surface area contributed by atoms with Gasteiger partial charge in [0.1, 0.15) is 0 Å². The summed E-state index contributed by atoms with van der Waals surface area (Å²) in [6.07, 6.45) is 0. The van der Waals surface area contributed by atoms with Crippen LogP contribution in [0.5, 0.6) is 0 Å². The highest BCUT2D eigenvalue weighted by molar-refractivity contribution is 6.14. The molecule has 11 aromatic rings. The SMILES string of the molecule is c1ccc(-c2ccc(-c3nc(-n4c5ccc(C6c7ccccc7-c7ccc8ccccc8c76)cc5c5cc6ccccc6cc54)nc4ccccc34)cc2)cc1. The van der Waals surface area contributed by atoms with Crippen LogP contribution in [0.2, 0.25) is 0 Å². The molecule has 0 spiro atoms. The van der Waals surface area contributed by atoms with Crippen molar-refractivity contribution < 1.29 is 0 Å². The van der Waals surface area contributed by atoms with Crippen molar-refractivity contribution in [3.8, 4) is 39.5 Å². The van der Waals surface area contributed by atoms with Crippen LogP contribution in [-0.2, 0) is 0 Å². The maximum atomic E-state index is 5.44. The predicted octanol–water partition coefficient (Wildman–Crippen LogP) is 13.5. The standard InChI is InChI=1S/C53H33N3/c1-2-12-33(13-3-1)34-22-24-36(25-23-34)52-44-20-10-11-21-47(44)54-53(55-52)56-48-29-27-39(31-45(48)46-30-37-15-4-5-16-38(37)32-49(46)56)50-42-19-9-8-18-41(42)43-28-26-35-14-6-7-17-40(35)51(43)50/h1-32,50H. The summed E-state index contributed by atoms with van der Waals surface area (Å²) < 4.78 is 2.28. The lowest BCUT2D eigenvalue weighted by Crippen LogP contribution is -2.04. The first kappa shape index (κ1) is 31.0. The van der Waals surface area contributed by atoms with E-state index in [4.69, 9.17) is 9.97 Å². The number of hydrogen-bond donors (Lipinski definition) is 0. The van der Waals surface area contributed by atoms with E-state index in [-0.39, 0.29) is 5.92 Å². The summed E-state index contributed by atoms with van der Waals surface area (Å²) in [5.41, 5.74) is 14.1. The van der Waals surface area contributed by atoms with Crippen LogP contribution >= 0.6 is 0 Å². The van der Waals surface area contributed by atoms with Crippen LogP contribution in [0.3, 0.4) is 0 Å². The monoisotopic (exact) mass is 711 g/mol. The lowest BCUT2D eigenvalue weighted by Gasteiger charge is -2.17. The minimum absolute atomic E-state index is 0.109. The summed E-state index contributed by atoms with van der Waals surface area (Å²) in [5.74, 6) is 0.773. The molecule has 0 N–H and O–H groups in total. The number of rotatable bonds is 4. The van der Waals surface area contributed by atoms with E-state index >= 15 is 0 Å². The fourth-order valence-electron chi connectivity index (χ4n) is 9.29. The van der Waals surface area contributed by atoms with Crippen LogP contribution in [-0.4, -0.2) is 14.5 Å². The van der Waals surface area contributed by atoms with Crippen molar-refractivity contribution in [2.45, 2.75) is 5.92 Å². The summed E-state index contributed by atoms with van der Waals surface area (Å²) in [6, 6.07) is 70.4. The second-order valence-electron chi connectivity index (χ2n) is 14.9. The lowest BCUT2D eigenvalue weighted by atomic mass is 9.86. The molecule has 0 saturated heterocycles. The molecule has 0 amide bonds. The smallest absolute Gasteiger partial charge is 0.235 e. The Labute approximate surface area is 323 Å². The molecule has 56 heavy (non-hydrogen) atoms. The molecule has 1 unspecified atom stereocenters. The Kier molecular flexibility index (Phi) is 6.69. The largest absolute Gasteiger partial charge is 0.278 e. The first-order valence-electron chi connectivity index (χ1n) is 19.3. The number of hydrogen-bond acceptors (Lipinski definition) is 2. The van der Waals surface area contributed by atoms with E-state index in [1.54, 1.807) is 0 Å². The van der Waals surface area contributed by atoms with E-state index in [1.165, 1.54) is 71.3 Å². The van der Waals surface area contributed by atoms with Crippen LogP contribution in [0, 0.1) is 0 Å². The Morgan fingerprint density at radius 1 is 0.393 bits per heavy atom. The van der Waals surface area contributed by atoms with Crippen molar-refractivity contribution in [1.29, 1.82) is 0 Å². The van der Waals surface area contributed by atoms with Crippen LogP contribution < -0.4 is 0 Å². The highest BCUT2D eigenvalue weighted by Crippen LogP contribution is 2.51. The topological polar surface area (TPSA) is 30.7 Å². The molecular formula is C53H33N3. The minimum atomic E-state index is 0.109. The van der Waals surface area contributed by atoms with Gasteiger partial charge in [0.15, 0.2) is 0 Å². The zero-order valence-electron chi connectivity index (χ0n) is 30.4. The highest BCUT2D eigenvalue weighted by atomic mass is 15.2. The van der Waals surface area contributed by atoms with Gasteiger partial charge >= 0.3 is 0 Å². The first-order valence-corrected chi connectivity index (χ1v) is 19.3.